The summed E-state index contributed by atoms with van der Waals surface area (Å²) in [7, 11) is -2.31. The monoisotopic (exact) mass is 602 g/mol. The molecule has 0 aromatic heterocycles. The van der Waals surface area contributed by atoms with Gasteiger partial charge in [0.25, 0.3) is 0 Å². The number of aryl methyl sites for hydroxylation is 3. The average molecular weight is 602 g/mol. The van der Waals surface area contributed by atoms with Crippen molar-refractivity contribution >= 4 is 41.9 Å². The van der Waals surface area contributed by atoms with Crippen LogP contribution in [0.5, 0.6) is 0 Å². The molecule has 0 saturated heterocycles. The van der Waals surface area contributed by atoms with Crippen LogP contribution in [0.4, 0.5) is 0 Å². The van der Waals surface area contributed by atoms with Crippen LogP contribution in [-0.2, 0) is 0 Å². The summed E-state index contributed by atoms with van der Waals surface area (Å²) in [5.41, 5.74) is 4.02. The maximum atomic E-state index is 2.73. The molecular weight excluding hydrogens is 581 g/mol. The van der Waals surface area contributed by atoms with Gasteiger partial charge in [-0.25, -0.2) is 0 Å². The Bertz CT molecular complexity index is 695. The van der Waals surface area contributed by atoms with Crippen molar-refractivity contribution in [3.8, 4) is 0 Å². The summed E-state index contributed by atoms with van der Waals surface area (Å²) in [6.07, 6.45) is 0. The summed E-state index contributed by atoms with van der Waals surface area (Å²) in [6, 6.07) is 28.0. The molecule has 0 amide bonds. The molecule has 0 aliphatic rings. The van der Waals surface area contributed by atoms with E-state index in [2.05, 4.69) is 112 Å². The van der Waals surface area contributed by atoms with E-state index in [1.807, 2.05) is 0 Å². The Morgan fingerprint density at radius 3 is 1.00 bits per heavy atom. The van der Waals surface area contributed by atoms with Crippen LogP contribution >= 0.6 is 18.6 Å². The Morgan fingerprint density at radius 1 is 0.542 bits per heavy atom. The van der Waals surface area contributed by atoms with E-state index in [4.69, 9.17) is 0 Å². The number of halogens is 2. The van der Waals surface area contributed by atoms with Gasteiger partial charge in [-0.15, -0.1) is 0 Å². The second-order valence-electron chi connectivity index (χ2n) is 6.16. The minimum absolute atomic E-state index is 0.0309. The predicted molar refractivity (Wildman–Crippen MR) is 112 cm³/mol. The van der Waals surface area contributed by atoms with E-state index < -0.39 is 10.2 Å². The Kier molecular flexibility index (Phi) is 6.10. The van der Waals surface area contributed by atoms with E-state index in [0.717, 1.165) is 0 Å². The Morgan fingerprint density at radius 2 is 0.792 bits per heavy atom. The SMILES string of the molecule is Cc1ccc([As+]([I-]I)(c2ccc(C)cc2)c2ccc(C)cc2)cc1. The van der Waals surface area contributed by atoms with Crippen LogP contribution in [0, 0.1) is 20.8 Å². The first-order valence-electron chi connectivity index (χ1n) is 7.95. The van der Waals surface area contributed by atoms with Gasteiger partial charge in [0, 0.05) is 0 Å². The zero-order chi connectivity index (χ0) is 17.2. The fourth-order valence-electron chi connectivity index (χ4n) is 2.81. The van der Waals surface area contributed by atoms with Crippen LogP contribution in [0.1, 0.15) is 16.7 Å². The van der Waals surface area contributed by atoms with Crippen LogP contribution < -0.4 is 27.8 Å². The number of hydrogen-bond acceptors (Lipinski definition) is 0. The number of rotatable bonds is 4. The van der Waals surface area contributed by atoms with E-state index in [1.54, 1.807) is 13.1 Å². The molecule has 0 heterocycles. The molecule has 3 aromatic carbocycles. The summed E-state index contributed by atoms with van der Waals surface area (Å²) in [4.78, 5) is 0. The van der Waals surface area contributed by atoms with Crippen molar-refractivity contribution < 1.29 is 14.8 Å². The van der Waals surface area contributed by atoms with E-state index in [-0.39, 0.29) is 14.8 Å². The average Bonchev–Trinajstić information content (AvgIpc) is 2.60. The van der Waals surface area contributed by atoms with Crippen molar-refractivity contribution in [3.05, 3.63) is 89.5 Å². The zero-order valence-electron chi connectivity index (χ0n) is 14.1. The molecule has 0 atom stereocenters. The fraction of sp³-hybridized carbons (Fsp3) is 0.143. The normalized spacial score (nSPS) is 11.7. The van der Waals surface area contributed by atoms with Gasteiger partial charge < -0.3 is 0 Å². The Labute approximate surface area is 165 Å². The molecule has 24 heavy (non-hydrogen) atoms. The molecule has 0 unspecified atom stereocenters. The van der Waals surface area contributed by atoms with E-state index in [1.165, 1.54) is 16.7 Å². The van der Waals surface area contributed by atoms with Gasteiger partial charge in [0.15, 0.2) is 0 Å². The molecule has 0 radical (unpaired) electrons. The third-order valence-electron chi connectivity index (χ3n) is 4.27. The Balaban J connectivity index is 2.27. The number of benzene rings is 3. The van der Waals surface area contributed by atoms with E-state index in [0.29, 0.717) is 0 Å². The van der Waals surface area contributed by atoms with Gasteiger partial charge in [-0.1, -0.05) is 0 Å². The molecule has 0 aliphatic heterocycles. The Hall–Kier alpha value is -0.322. The molecule has 0 N–H and O–H groups in total. The minimum atomic E-state index is -2.31. The van der Waals surface area contributed by atoms with Crippen molar-refractivity contribution in [2.45, 2.75) is 20.8 Å². The van der Waals surface area contributed by atoms with E-state index in [9.17, 15) is 0 Å². The topological polar surface area (TPSA) is 0 Å². The van der Waals surface area contributed by atoms with E-state index >= 15 is 0 Å². The predicted octanol–water partition coefficient (Wildman–Crippen LogP) is 1.02. The van der Waals surface area contributed by atoms with Crippen molar-refractivity contribution in [2.24, 2.45) is 0 Å². The molecule has 0 nitrogen and oxygen atoms in total. The van der Waals surface area contributed by atoms with Gasteiger partial charge in [0.05, 0.1) is 0 Å². The molecule has 3 heteroatoms. The van der Waals surface area contributed by atoms with Gasteiger partial charge in [-0.2, -0.15) is 0 Å². The third kappa shape index (κ3) is 3.61. The summed E-state index contributed by atoms with van der Waals surface area (Å²) in [5.74, 6) is 0. The summed E-state index contributed by atoms with van der Waals surface area (Å²) < 4.78 is 4.73. The standard InChI is InChI=1S/C21H21AsI2/c1-16-4-10-19(11-5-16)22(24-23,20-12-6-17(2)7-13-20)21-14-8-18(3)9-15-21/h4-15H,1-3H3. The molecule has 3 rings (SSSR count). The number of hydrogen-bond donors (Lipinski definition) is 0. The van der Waals surface area contributed by atoms with Gasteiger partial charge in [0.2, 0.25) is 0 Å². The first-order valence-corrected chi connectivity index (χ1v) is 22.8. The second kappa shape index (κ2) is 7.92. The maximum absolute atomic E-state index is 2.73. The van der Waals surface area contributed by atoms with Gasteiger partial charge >= 0.3 is 167 Å². The molecule has 0 fully saturated rings. The summed E-state index contributed by atoms with van der Waals surface area (Å²) >= 11 is 2.76. The van der Waals surface area contributed by atoms with Crippen LogP contribution in [0.2, 0.25) is 0 Å². The van der Waals surface area contributed by atoms with Crippen molar-refractivity contribution in [3.63, 3.8) is 0 Å². The molecule has 3 aromatic rings. The summed E-state index contributed by atoms with van der Waals surface area (Å²) in [6.45, 7) is 6.52. The van der Waals surface area contributed by atoms with Crippen LogP contribution in [0.15, 0.2) is 72.8 Å². The summed E-state index contributed by atoms with van der Waals surface area (Å²) in [5, 5.41) is 0. The van der Waals surface area contributed by atoms with Gasteiger partial charge in [-0.05, 0) is 0 Å². The van der Waals surface area contributed by atoms with Crippen LogP contribution in [0.25, 0.3) is 0 Å². The third-order valence-corrected chi connectivity index (χ3v) is 41.6. The van der Waals surface area contributed by atoms with Crippen LogP contribution in [-0.4, -0.2) is 10.2 Å². The molecule has 124 valence electrons. The molecular formula is C21H21AsI2. The molecule has 0 saturated carbocycles. The first-order chi connectivity index (χ1) is 11.6. The quantitative estimate of drug-likeness (QED) is 0.310. The van der Waals surface area contributed by atoms with Crippen molar-refractivity contribution in [1.29, 1.82) is 0 Å². The zero-order valence-corrected chi connectivity index (χ0v) is 20.3. The van der Waals surface area contributed by atoms with Gasteiger partial charge in [0.1, 0.15) is 0 Å². The second-order valence-corrected chi connectivity index (χ2v) is 34.3. The molecule has 0 bridgehead atoms. The molecule has 0 spiro atoms. The van der Waals surface area contributed by atoms with Crippen molar-refractivity contribution in [2.75, 3.05) is 0 Å². The molecule has 0 aliphatic carbocycles. The first kappa shape index (κ1) is 18.5. The van der Waals surface area contributed by atoms with Gasteiger partial charge in [-0.3, -0.25) is 0 Å². The fourth-order valence-corrected chi connectivity index (χ4v) is 39.0. The van der Waals surface area contributed by atoms with Crippen LogP contribution in [0.3, 0.4) is 0 Å². The van der Waals surface area contributed by atoms with Crippen molar-refractivity contribution in [1.82, 2.24) is 0 Å².